The first-order valence-electron chi connectivity index (χ1n) is 11.8. The lowest BCUT2D eigenvalue weighted by molar-refractivity contribution is -0.164. The molecule has 4 heteroatoms. The van der Waals surface area contributed by atoms with Crippen molar-refractivity contribution in [2.45, 2.75) is 105 Å². The van der Waals surface area contributed by atoms with Gasteiger partial charge in [-0.2, -0.15) is 0 Å². The number of benzene rings is 1. The second-order valence-electron chi connectivity index (χ2n) is 11.3. The van der Waals surface area contributed by atoms with Crippen LogP contribution in [0.25, 0.3) is 0 Å². The van der Waals surface area contributed by atoms with Crippen LogP contribution in [0.1, 0.15) is 115 Å². The van der Waals surface area contributed by atoms with Gasteiger partial charge in [0.1, 0.15) is 5.60 Å². The van der Waals surface area contributed by atoms with Gasteiger partial charge < -0.3 is 9.47 Å². The van der Waals surface area contributed by atoms with Gasteiger partial charge in [-0.25, -0.2) is 9.59 Å². The number of carbonyl (C=O) groups is 2. The second-order valence-corrected chi connectivity index (χ2v) is 11.3. The van der Waals surface area contributed by atoms with Crippen molar-refractivity contribution in [2.75, 3.05) is 6.61 Å². The van der Waals surface area contributed by atoms with Gasteiger partial charge in [-0.1, -0.05) is 66.5 Å². The van der Waals surface area contributed by atoms with E-state index in [0.717, 1.165) is 38.5 Å². The molecular weight excluding hydrogens is 388 g/mol. The van der Waals surface area contributed by atoms with Crippen molar-refractivity contribution >= 4 is 11.9 Å². The lowest BCUT2D eigenvalue weighted by Crippen LogP contribution is -2.35. The summed E-state index contributed by atoms with van der Waals surface area (Å²) in [6.45, 7) is 15.3. The van der Waals surface area contributed by atoms with E-state index in [1.54, 1.807) is 0 Å². The topological polar surface area (TPSA) is 52.6 Å². The van der Waals surface area contributed by atoms with Gasteiger partial charge in [0.05, 0.1) is 5.56 Å². The van der Waals surface area contributed by atoms with Gasteiger partial charge in [0, 0.05) is 0 Å². The van der Waals surface area contributed by atoms with Crippen molar-refractivity contribution in [3.63, 3.8) is 0 Å². The minimum absolute atomic E-state index is 0.119. The summed E-state index contributed by atoms with van der Waals surface area (Å²) in [5, 5.41) is 0. The molecule has 1 saturated carbocycles. The molecular formula is C27H42O4. The highest BCUT2D eigenvalue weighted by Crippen LogP contribution is 2.44. The molecule has 1 unspecified atom stereocenters. The molecule has 0 amide bonds. The number of ether oxygens (including phenoxy) is 2. The maximum absolute atomic E-state index is 12.4. The van der Waals surface area contributed by atoms with E-state index < -0.39 is 17.5 Å². The molecule has 1 fully saturated rings. The Hall–Kier alpha value is -1.84. The summed E-state index contributed by atoms with van der Waals surface area (Å²) < 4.78 is 10.8. The highest BCUT2D eigenvalue weighted by atomic mass is 16.6. The van der Waals surface area contributed by atoms with Gasteiger partial charge >= 0.3 is 11.9 Å². The fourth-order valence-electron chi connectivity index (χ4n) is 4.39. The molecule has 2 rings (SSSR count). The zero-order valence-electron chi connectivity index (χ0n) is 20.7. The van der Waals surface area contributed by atoms with Gasteiger partial charge in [0.25, 0.3) is 0 Å². The van der Waals surface area contributed by atoms with Crippen LogP contribution < -0.4 is 0 Å². The zero-order chi connectivity index (χ0) is 23.3. The third-order valence-corrected chi connectivity index (χ3v) is 6.90. The van der Waals surface area contributed by atoms with Crippen LogP contribution in [0.15, 0.2) is 24.3 Å². The lowest BCUT2D eigenvalue weighted by atomic mass is 9.68. The minimum atomic E-state index is -0.488. The van der Waals surface area contributed by atoms with Crippen LogP contribution in [0.4, 0.5) is 0 Å². The van der Waals surface area contributed by atoms with Gasteiger partial charge in [-0.3, -0.25) is 0 Å². The van der Waals surface area contributed by atoms with E-state index in [1.165, 1.54) is 12.0 Å². The second kappa shape index (κ2) is 10.2. The monoisotopic (exact) mass is 430 g/mol. The van der Waals surface area contributed by atoms with E-state index in [-0.39, 0.29) is 17.4 Å². The smallest absolute Gasteiger partial charge is 0.344 e. The van der Waals surface area contributed by atoms with Gasteiger partial charge in [0.2, 0.25) is 0 Å². The van der Waals surface area contributed by atoms with Crippen molar-refractivity contribution in [1.82, 2.24) is 0 Å². The number of carbonyl (C=O) groups excluding carboxylic acids is 2. The predicted octanol–water partition coefficient (Wildman–Crippen LogP) is 7.07. The molecule has 1 aliphatic carbocycles. The molecule has 0 N–H and O–H groups in total. The summed E-state index contributed by atoms with van der Waals surface area (Å²) in [6, 6.07) is 7.67. The van der Waals surface area contributed by atoms with Crippen LogP contribution >= 0.6 is 0 Å². The Kier molecular flexibility index (Phi) is 8.35. The fraction of sp³-hybridized carbons (Fsp3) is 0.704. The fourth-order valence-corrected chi connectivity index (χ4v) is 4.39. The molecule has 174 valence electrons. The Labute approximate surface area is 189 Å². The first-order valence-corrected chi connectivity index (χ1v) is 11.8. The summed E-state index contributed by atoms with van der Waals surface area (Å²) in [5.74, 6) is -0.568. The molecule has 4 nitrogen and oxygen atoms in total. The molecule has 0 aromatic heterocycles. The first kappa shape index (κ1) is 25.4. The standard InChI is InChI=1S/C27H42O4/c1-8-26(5,6)18-22(25(2,3)4)20-12-14-21(15-13-20)24(29)30-19-23(28)31-27(7)16-10-9-11-17-27/h12-15,22H,8-11,16-19H2,1-7H3. The molecule has 1 aromatic carbocycles. The number of rotatable bonds is 8. The maximum Gasteiger partial charge on any atom is 0.344 e. The SMILES string of the molecule is CCC(C)(C)CC(c1ccc(C(=O)OCC(=O)OC2(C)CCCCC2)cc1)C(C)(C)C. The van der Waals surface area contributed by atoms with E-state index >= 15 is 0 Å². The zero-order valence-corrected chi connectivity index (χ0v) is 20.7. The normalized spacial score (nSPS) is 17.6. The van der Waals surface area contributed by atoms with Crippen molar-refractivity contribution < 1.29 is 19.1 Å². The van der Waals surface area contributed by atoms with E-state index in [4.69, 9.17) is 9.47 Å². The van der Waals surface area contributed by atoms with Crippen LogP contribution in [-0.4, -0.2) is 24.1 Å². The summed E-state index contributed by atoms with van der Waals surface area (Å²) in [4.78, 5) is 24.6. The van der Waals surface area contributed by atoms with E-state index in [2.05, 4.69) is 41.5 Å². The van der Waals surface area contributed by atoms with Crippen molar-refractivity contribution in [2.24, 2.45) is 10.8 Å². The Morgan fingerprint density at radius 3 is 2.10 bits per heavy atom. The Morgan fingerprint density at radius 2 is 1.58 bits per heavy atom. The Bertz CT molecular complexity index is 733. The van der Waals surface area contributed by atoms with Crippen molar-refractivity contribution in [1.29, 1.82) is 0 Å². The van der Waals surface area contributed by atoms with Gasteiger partial charge in [-0.15, -0.1) is 0 Å². The summed E-state index contributed by atoms with van der Waals surface area (Å²) >= 11 is 0. The number of hydrogen-bond acceptors (Lipinski definition) is 4. The first-order chi connectivity index (χ1) is 14.4. The molecule has 0 spiro atoms. The van der Waals surface area contributed by atoms with Crippen LogP contribution in [0, 0.1) is 10.8 Å². The Morgan fingerprint density at radius 1 is 1.00 bits per heavy atom. The minimum Gasteiger partial charge on any atom is -0.457 e. The largest absolute Gasteiger partial charge is 0.457 e. The quantitative estimate of drug-likeness (QED) is 0.414. The lowest BCUT2D eigenvalue weighted by Gasteiger charge is -2.37. The van der Waals surface area contributed by atoms with Crippen LogP contribution in [-0.2, 0) is 14.3 Å². The van der Waals surface area contributed by atoms with E-state index in [1.807, 2.05) is 31.2 Å². The maximum atomic E-state index is 12.4. The van der Waals surface area contributed by atoms with E-state index in [9.17, 15) is 9.59 Å². The molecule has 0 radical (unpaired) electrons. The molecule has 31 heavy (non-hydrogen) atoms. The van der Waals surface area contributed by atoms with Crippen LogP contribution in [0.2, 0.25) is 0 Å². The molecule has 0 bridgehead atoms. The number of hydrogen-bond donors (Lipinski definition) is 0. The van der Waals surface area contributed by atoms with Crippen molar-refractivity contribution in [3.8, 4) is 0 Å². The Balaban J connectivity index is 1.98. The van der Waals surface area contributed by atoms with E-state index in [0.29, 0.717) is 11.5 Å². The van der Waals surface area contributed by atoms with Gasteiger partial charge in [0.15, 0.2) is 6.61 Å². The predicted molar refractivity (Wildman–Crippen MR) is 125 cm³/mol. The van der Waals surface area contributed by atoms with Gasteiger partial charge in [-0.05, 0) is 73.5 Å². The molecule has 0 heterocycles. The average Bonchev–Trinajstić information content (AvgIpc) is 2.70. The molecule has 1 atom stereocenters. The molecule has 1 aliphatic rings. The molecule has 1 aromatic rings. The van der Waals surface area contributed by atoms with Crippen molar-refractivity contribution in [3.05, 3.63) is 35.4 Å². The summed E-state index contributed by atoms with van der Waals surface area (Å²) in [7, 11) is 0. The summed E-state index contributed by atoms with van der Waals surface area (Å²) in [6.07, 6.45) is 7.28. The third-order valence-electron chi connectivity index (χ3n) is 6.90. The highest BCUT2D eigenvalue weighted by Gasteiger charge is 2.32. The van der Waals surface area contributed by atoms with Crippen LogP contribution in [0.5, 0.6) is 0 Å². The third kappa shape index (κ3) is 7.66. The molecule has 0 saturated heterocycles. The number of esters is 2. The molecule has 0 aliphatic heterocycles. The average molecular weight is 431 g/mol. The van der Waals surface area contributed by atoms with Crippen LogP contribution in [0.3, 0.4) is 0 Å². The highest BCUT2D eigenvalue weighted by molar-refractivity contribution is 5.90. The summed E-state index contributed by atoms with van der Waals surface area (Å²) in [5.41, 5.74) is 1.65.